The Morgan fingerprint density at radius 2 is 1.04 bits per heavy atom. The Balaban J connectivity index is 4.44. The number of nitrogens with zero attached hydrogens (tertiary/aromatic N) is 1. The number of unbranched alkanes of at least 4 members (excludes halogenated alkanes) is 14. The van der Waals surface area contributed by atoms with Crippen molar-refractivity contribution in [2.45, 2.75) is 161 Å². The van der Waals surface area contributed by atoms with Gasteiger partial charge in [-0.1, -0.05) is 133 Å². The van der Waals surface area contributed by atoms with Gasteiger partial charge >= 0.3 is 19.8 Å². The molecule has 0 aromatic rings. The molecule has 9 nitrogen and oxygen atoms in total. The van der Waals surface area contributed by atoms with E-state index in [1.807, 2.05) is 21.1 Å². The first-order chi connectivity index (χ1) is 25.0. The molecule has 0 fully saturated rings. The van der Waals surface area contributed by atoms with Gasteiger partial charge in [0.25, 0.3) is 0 Å². The van der Waals surface area contributed by atoms with Crippen LogP contribution in [0.15, 0.2) is 48.6 Å². The lowest BCUT2D eigenvalue weighted by Gasteiger charge is -2.24. The molecular formula is C42H77NO8P+. The van der Waals surface area contributed by atoms with E-state index in [4.69, 9.17) is 18.5 Å². The SMILES string of the molecule is CCCCC/C=C/C/C=C/C/C=C/C/C=C/CCCCCC(=O)O[C@H](COC(=O)CCCCCCCCCCC)COP(=O)(O)OCC[N+](C)(C)C. The van der Waals surface area contributed by atoms with Gasteiger partial charge in [-0.05, 0) is 57.8 Å². The van der Waals surface area contributed by atoms with E-state index in [1.165, 1.54) is 64.2 Å². The third-order valence-electron chi connectivity index (χ3n) is 8.36. The molecule has 0 aromatic carbocycles. The number of allylic oxidation sites excluding steroid dienone is 8. The van der Waals surface area contributed by atoms with Gasteiger partial charge < -0.3 is 18.9 Å². The number of rotatable bonds is 36. The van der Waals surface area contributed by atoms with Crippen molar-refractivity contribution >= 4 is 19.8 Å². The van der Waals surface area contributed by atoms with Crippen LogP contribution in [0.3, 0.4) is 0 Å². The van der Waals surface area contributed by atoms with Crippen molar-refractivity contribution in [2.75, 3.05) is 47.5 Å². The summed E-state index contributed by atoms with van der Waals surface area (Å²) >= 11 is 0. The van der Waals surface area contributed by atoms with Crippen molar-refractivity contribution in [1.82, 2.24) is 0 Å². The van der Waals surface area contributed by atoms with Gasteiger partial charge in [0.15, 0.2) is 6.10 Å². The van der Waals surface area contributed by atoms with Crippen LogP contribution in [0.1, 0.15) is 155 Å². The normalized spacial score (nSPS) is 14.2. The fraction of sp³-hybridized carbons (Fsp3) is 0.762. The van der Waals surface area contributed by atoms with Gasteiger partial charge in [0.05, 0.1) is 27.7 Å². The van der Waals surface area contributed by atoms with Gasteiger partial charge in [-0.2, -0.15) is 0 Å². The van der Waals surface area contributed by atoms with E-state index in [2.05, 4.69) is 62.5 Å². The Hall–Kier alpha value is -2.03. The van der Waals surface area contributed by atoms with E-state index in [1.54, 1.807) is 0 Å². The molecule has 0 saturated carbocycles. The minimum Gasteiger partial charge on any atom is -0.462 e. The molecule has 0 aliphatic carbocycles. The number of ether oxygens (including phenoxy) is 2. The Bertz CT molecular complexity index is 1030. The monoisotopic (exact) mass is 755 g/mol. The summed E-state index contributed by atoms with van der Waals surface area (Å²) in [5.41, 5.74) is 0. The Kier molecular flexibility index (Phi) is 33.4. The molecule has 1 unspecified atom stereocenters. The molecule has 0 bridgehead atoms. The highest BCUT2D eigenvalue weighted by molar-refractivity contribution is 7.47. The second-order valence-corrected chi connectivity index (χ2v) is 16.1. The van der Waals surface area contributed by atoms with Crippen molar-refractivity contribution in [3.05, 3.63) is 48.6 Å². The average molecular weight is 755 g/mol. The van der Waals surface area contributed by atoms with E-state index >= 15 is 0 Å². The first kappa shape index (κ1) is 50.0. The molecule has 1 N–H and O–H groups in total. The van der Waals surface area contributed by atoms with E-state index in [9.17, 15) is 19.0 Å². The number of phosphoric ester groups is 1. The molecule has 52 heavy (non-hydrogen) atoms. The van der Waals surface area contributed by atoms with Crippen molar-refractivity contribution < 1.29 is 42.1 Å². The zero-order valence-electron chi connectivity index (χ0n) is 33.8. The van der Waals surface area contributed by atoms with Crippen LogP contribution in [0.4, 0.5) is 0 Å². The van der Waals surface area contributed by atoms with Crippen LogP contribution < -0.4 is 0 Å². The summed E-state index contributed by atoms with van der Waals surface area (Å²) in [6, 6.07) is 0. The van der Waals surface area contributed by atoms with E-state index in [0.717, 1.165) is 57.8 Å². The largest absolute Gasteiger partial charge is 0.472 e. The first-order valence-electron chi connectivity index (χ1n) is 20.4. The Morgan fingerprint density at radius 3 is 1.58 bits per heavy atom. The van der Waals surface area contributed by atoms with Crippen LogP contribution in [-0.2, 0) is 32.7 Å². The smallest absolute Gasteiger partial charge is 0.462 e. The number of carbonyl (C=O) groups is 2. The molecular weight excluding hydrogens is 677 g/mol. The van der Waals surface area contributed by atoms with Gasteiger partial charge in [-0.3, -0.25) is 18.6 Å². The molecule has 0 heterocycles. The molecule has 0 rings (SSSR count). The van der Waals surface area contributed by atoms with E-state index < -0.39 is 26.5 Å². The number of phosphoric acid groups is 1. The third kappa shape index (κ3) is 37.7. The highest BCUT2D eigenvalue weighted by atomic mass is 31.2. The molecule has 0 aromatic heterocycles. The number of hydrogen-bond donors (Lipinski definition) is 1. The van der Waals surface area contributed by atoms with Gasteiger partial charge in [-0.15, -0.1) is 0 Å². The third-order valence-corrected chi connectivity index (χ3v) is 9.35. The Labute approximate surface area is 318 Å². The van der Waals surface area contributed by atoms with Crippen LogP contribution in [0.5, 0.6) is 0 Å². The summed E-state index contributed by atoms with van der Waals surface area (Å²) in [4.78, 5) is 35.2. The quantitative estimate of drug-likeness (QED) is 0.0221. The molecule has 0 aliphatic rings. The maximum atomic E-state index is 12.6. The van der Waals surface area contributed by atoms with Crippen LogP contribution in [0, 0.1) is 0 Å². The van der Waals surface area contributed by atoms with E-state index in [-0.39, 0.29) is 32.0 Å². The summed E-state index contributed by atoms with van der Waals surface area (Å²) in [6.45, 7) is 4.31. The molecule has 0 amide bonds. The standard InChI is InChI=1S/C42H76NO8P/c1-6-8-10-12-14-16-17-18-19-20-21-22-23-24-25-27-29-31-33-35-42(45)51-40(39-50-52(46,47)49-37-36-43(3,4)5)38-48-41(44)34-32-30-28-26-15-13-11-9-7-2/h14,16,18-19,21-22,24-25,40H,6-13,15,17,20,23,26-39H2,1-5H3/p+1/b16-14+,19-18+,22-21+,25-24+/t40-/m1/s1. The molecule has 0 saturated heterocycles. The molecule has 10 heteroatoms. The summed E-state index contributed by atoms with van der Waals surface area (Å²) in [5, 5.41) is 0. The second kappa shape index (κ2) is 34.7. The van der Waals surface area contributed by atoms with Gasteiger partial charge in [0.1, 0.15) is 19.8 Å². The van der Waals surface area contributed by atoms with E-state index in [0.29, 0.717) is 17.4 Å². The van der Waals surface area contributed by atoms with Crippen LogP contribution in [-0.4, -0.2) is 74.9 Å². The number of quaternary nitrogens is 1. The lowest BCUT2D eigenvalue weighted by molar-refractivity contribution is -0.870. The summed E-state index contributed by atoms with van der Waals surface area (Å²) in [5.74, 6) is -0.841. The van der Waals surface area contributed by atoms with Crippen molar-refractivity contribution in [3.8, 4) is 0 Å². The molecule has 302 valence electrons. The zero-order chi connectivity index (χ0) is 38.6. The van der Waals surface area contributed by atoms with Crippen molar-refractivity contribution in [3.63, 3.8) is 0 Å². The molecule has 2 atom stereocenters. The minimum atomic E-state index is -4.38. The molecule has 0 spiro atoms. The van der Waals surface area contributed by atoms with Crippen molar-refractivity contribution in [2.24, 2.45) is 0 Å². The lowest BCUT2D eigenvalue weighted by Crippen LogP contribution is -2.37. The van der Waals surface area contributed by atoms with Crippen LogP contribution >= 0.6 is 7.82 Å². The first-order valence-corrected chi connectivity index (χ1v) is 21.9. The van der Waals surface area contributed by atoms with Crippen LogP contribution in [0.25, 0.3) is 0 Å². The van der Waals surface area contributed by atoms with Crippen LogP contribution in [0.2, 0.25) is 0 Å². The predicted molar refractivity (Wildman–Crippen MR) is 215 cm³/mol. The second-order valence-electron chi connectivity index (χ2n) is 14.7. The van der Waals surface area contributed by atoms with Gasteiger partial charge in [-0.25, -0.2) is 4.57 Å². The topological polar surface area (TPSA) is 108 Å². The highest BCUT2D eigenvalue weighted by Crippen LogP contribution is 2.43. The fourth-order valence-electron chi connectivity index (χ4n) is 5.11. The predicted octanol–water partition coefficient (Wildman–Crippen LogP) is 11.1. The number of likely N-dealkylation sites (N-methyl/N-ethyl adjacent to an activating group) is 1. The maximum Gasteiger partial charge on any atom is 0.472 e. The number of carbonyl (C=O) groups excluding carboxylic acids is 2. The highest BCUT2D eigenvalue weighted by Gasteiger charge is 2.27. The Morgan fingerprint density at radius 1 is 0.596 bits per heavy atom. The molecule has 0 aliphatic heterocycles. The summed E-state index contributed by atoms with van der Waals surface area (Å²) in [7, 11) is 1.45. The fourth-order valence-corrected chi connectivity index (χ4v) is 5.85. The van der Waals surface area contributed by atoms with Crippen molar-refractivity contribution in [1.29, 1.82) is 0 Å². The maximum absolute atomic E-state index is 12.6. The van der Waals surface area contributed by atoms with Gasteiger partial charge in [0.2, 0.25) is 0 Å². The number of hydrogen-bond acceptors (Lipinski definition) is 7. The zero-order valence-corrected chi connectivity index (χ0v) is 34.7. The number of esters is 2. The van der Waals surface area contributed by atoms with Gasteiger partial charge in [0, 0.05) is 12.8 Å². The lowest BCUT2D eigenvalue weighted by atomic mass is 10.1. The summed E-state index contributed by atoms with van der Waals surface area (Å²) < 4.78 is 34.1. The average Bonchev–Trinajstić information content (AvgIpc) is 3.09. The summed E-state index contributed by atoms with van der Waals surface area (Å²) in [6.07, 6.45) is 38.8. The molecule has 0 radical (unpaired) electrons. The minimum absolute atomic E-state index is 0.0243.